The van der Waals surface area contributed by atoms with Crippen LogP contribution in [0.5, 0.6) is 0 Å². The number of morpholine rings is 1. The number of rotatable bonds is 7. The zero-order chi connectivity index (χ0) is 19.1. The minimum absolute atomic E-state index is 0. The molecule has 1 aliphatic heterocycles. The van der Waals surface area contributed by atoms with Gasteiger partial charge in [-0.15, -0.1) is 35.3 Å². The lowest BCUT2D eigenvalue weighted by Gasteiger charge is -2.41. The van der Waals surface area contributed by atoms with E-state index in [1.54, 1.807) is 11.3 Å². The van der Waals surface area contributed by atoms with Crippen LogP contribution in [0.15, 0.2) is 29.3 Å². The van der Waals surface area contributed by atoms with Gasteiger partial charge in [-0.1, -0.05) is 12.1 Å². The summed E-state index contributed by atoms with van der Waals surface area (Å²) < 4.78 is 6.73. The molecular weight excluding hydrogens is 485 g/mol. The molecule has 0 spiro atoms. The molecule has 1 aromatic heterocycles. The fraction of sp³-hybridized carbons (Fsp3) is 0.600. The second kappa shape index (κ2) is 11.3. The van der Waals surface area contributed by atoms with Crippen molar-refractivity contribution in [1.82, 2.24) is 20.5 Å². The van der Waals surface area contributed by atoms with Crippen LogP contribution in [0.3, 0.4) is 0 Å². The molecule has 1 aromatic carbocycles. The first-order valence-corrected chi connectivity index (χ1v) is 10.5. The van der Waals surface area contributed by atoms with E-state index in [1.165, 1.54) is 9.71 Å². The number of ether oxygens (including phenoxy) is 1. The monoisotopic (exact) mass is 517 g/mol. The van der Waals surface area contributed by atoms with E-state index in [1.807, 2.05) is 13.1 Å². The van der Waals surface area contributed by atoms with E-state index in [9.17, 15) is 0 Å². The van der Waals surface area contributed by atoms with E-state index >= 15 is 0 Å². The molecule has 0 unspecified atom stereocenters. The largest absolute Gasteiger partial charge is 0.379 e. The summed E-state index contributed by atoms with van der Waals surface area (Å²) >= 11 is 1.79. The van der Waals surface area contributed by atoms with Gasteiger partial charge < -0.3 is 15.4 Å². The van der Waals surface area contributed by atoms with Crippen LogP contribution in [0.4, 0.5) is 0 Å². The quantitative estimate of drug-likeness (QED) is 0.256. The first kappa shape index (κ1) is 23.3. The van der Waals surface area contributed by atoms with Gasteiger partial charge in [0.25, 0.3) is 0 Å². The fourth-order valence-electron chi connectivity index (χ4n) is 3.27. The molecule has 8 heteroatoms. The first-order valence-electron chi connectivity index (χ1n) is 9.70. The molecule has 0 amide bonds. The number of halogens is 1. The second-order valence-corrected chi connectivity index (χ2v) is 8.56. The van der Waals surface area contributed by atoms with Gasteiger partial charge in [-0.2, -0.15) is 0 Å². The Bertz CT molecular complexity index is 725. The normalized spacial score (nSPS) is 16.0. The lowest BCUT2D eigenvalue weighted by atomic mass is 10.0. The Morgan fingerprint density at radius 1 is 1.25 bits per heavy atom. The first-order chi connectivity index (χ1) is 13.1. The van der Waals surface area contributed by atoms with Crippen molar-refractivity contribution in [2.75, 3.05) is 46.4 Å². The number of hydrogen-bond donors (Lipinski definition) is 2. The third-order valence-electron chi connectivity index (χ3n) is 4.98. The van der Waals surface area contributed by atoms with Crippen molar-refractivity contribution in [1.29, 1.82) is 0 Å². The van der Waals surface area contributed by atoms with E-state index in [2.05, 4.69) is 52.6 Å². The maximum absolute atomic E-state index is 5.46. The highest BCUT2D eigenvalue weighted by Crippen LogP contribution is 2.22. The number of benzene rings is 1. The van der Waals surface area contributed by atoms with Crippen LogP contribution >= 0.6 is 35.3 Å². The van der Waals surface area contributed by atoms with Gasteiger partial charge in [0.1, 0.15) is 0 Å². The van der Waals surface area contributed by atoms with Crippen molar-refractivity contribution < 1.29 is 4.74 Å². The van der Waals surface area contributed by atoms with Crippen molar-refractivity contribution in [3.05, 3.63) is 29.3 Å². The second-order valence-electron chi connectivity index (χ2n) is 7.44. The number of guanidine groups is 1. The molecule has 0 radical (unpaired) electrons. The van der Waals surface area contributed by atoms with Gasteiger partial charge in [-0.25, -0.2) is 4.98 Å². The Morgan fingerprint density at radius 2 is 2.00 bits per heavy atom. The highest BCUT2D eigenvalue weighted by Gasteiger charge is 2.28. The van der Waals surface area contributed by atoms with Gasteiger partial charge in [0.15, 0.2) is 5.96 Å². The lowest BCUT2D eigenvalue weighted by molar-refractivity contribution is -0.00833. The molecule has 1 saturated heterocycles. The molecule has 0 aliphatic carbocycles. The summed E-state index contributed by atoms with van der Waals surface area (Å²) in [6.07, 6.45) is 2.02. The molecule has 1 fully saturated rings. The van der Waals surface area contributed by atoms with Crippen molar-refractivity contribution in [3.63, 3.8) is 0 Å². The maximum Gasteiger partial charge on any atom is 0.191 e. The van der Waals surface area contributed by atoms with Crippen LogP contribution in [0.2, 0.25) is 0 Å². The highest BCUT2D eigenvalue weighted by atomic mass is 127. The van der Waals surface area contributed by atoms with E-state index in [0.29, 0.717) is 0 Å². The number of nitrogens with zero attached hydrogens (tertiary/aromatic N) is 3. The van der Waals surface area contributed by atoms with Gasteiger partial charge in [0.05, 0.1) is 28.4 Å². The van der Waals surface area contributed by atoms with Crippen LogP contribution in [0.1, 0.15) is 25.3 Å². The molecule has 6 nitrogen and oxygen atoms in total. The summed E-state index contributed by atoms with van der Waals surface area (Å²) in [5, 5.41) is 8.10. The molecule has 2 heterocycles. The molecular formula is C20H32IN5OS. The van der Waals surface area contributed by atoms with Crippen LogP contribution in [-0.4, -0.2) is 67.8 Å². The highest BCUT2D eigenvalue weighted by molar-refractivity contribution is 14.0. The summed E-state index contributed by atoms with van der Waals surface area (Å²) in [7, 11) is 1.82. The van der Waals surface area contributed by atoms with Crippen LogP contribution < -0.4 is 10.6 Å². The SMILES string of the molecule is CN=C(NCCCc1nc2ccccc2s1)NCC(C)(C)N1CCOCC1.I. The Labute approximate surface area is 189 Å². The Balaban J connectivity index is 0.00000280. The van der Waals surface area contributed by atoms with E-state index < -0.39 is 0 Å². The number of para-hydroxylation sites is 1. The molecule has 0 bridgehead atoms. The van der Waals surface area contributed by atoms with Crippen molar-refractivity contribution >= 4 is 51.5 Å². The number of fused-ring (bicyclic) bond motifs is 1. The number of aromatic nitrogens is 1. The smallest absolute Gasteiger partial charge is 0.191 e. The minimum Gasteiger partial charge on any atom is -0.379 e. The fourth-order valence-corrected chi connectivity index (χ4v) is 4.28. The number of thiazole rings is 1. The average molecular weight is 517 g/mol. The predicted molar refractivity (Wildman–Crippen MR) is 129 cm³/mol. The van der Waals surface area contributed by atoms with Crippen LogP contribution in [0.25, 0.3) is 10.2 Å². The van der Waals surface area contributed by atoms with Gasteiger partial charge in [0.2, 0.25) is 0 Å². The van der Waals surface area contributed by atoms with Gasteiger partial charge in [-0.05, 0) is 32.4 Å². The summed E-state index contributed by atoms with van der Waals surface area (Å²) in [5.41, 5.74) is 1.18. The summed E-state index contributed by atoms with van der Waals surface area (Å²) in [4.78, 5) is 11.5. The molecule has 2 aromatic rings. The average Bonchev–Trinajstić information content (AvgIpc) is 3.11. The standard InChI is InChI=1S/C20H31N5OS.HI/c1-20(2,25-11-13-26-14-12-25)15-23-19(21-3)22-10-6-9-18-24-16-7-4-5-8-17(16)27-18;/h4-5,7-8H,6,9-15H2,1-3H3,(H2,21,22,23);1H. The van der Waals surface area contributed by atoms with Crippen molar-refractivity contribution in [2.24, 2.45) is 4.99 Å². The topological polar surface area (TPSA) is 61.8 Å². The van der Waals surface area contributed by atoms with E-state index in [0.717, 1.165) is 63.7 Å². The number of nitrogens with one attached hydrogen (secondary N) is 2. The maximum atomic E-state index is 5.46. The zero-order valence-electron chi connectivity index (χ0n) is 17.0. The molecule has 3 rings (SSSR count). The molecule has 28 heavy (non-hydrogen) atoms. The van der Waals surface area contributed by atoms with Crippen molar-refractivity contribution in [3.8, 4) is 0 Å². The Kier molecular flexibility index (Phi) is 9.39. The molecule has 1 aliphatic rings. The molecule has 2 N–H and O–H groups in total. The number of hydrogen-bond acceptors (Lipinski definition) is 5. The summed E-state index contributed by atoms with van der Waals surface area (Å²) in [5.74, 6) is 0.862. The van der Waals surface area contributed by atoms with Gasteiger partial charge in [-0.3, -0.25) is 9.89 Å². The molecule has 156 valence electrons. The molecule has 0 atom stereocenters. The van der Waals surface area contributed by atoms with Crippen LogP contribution in [-0.2, 0) is 11.2 Å². The predicted octanol–water partition coefficient (Wildman–Crippen LogP) is 3.12. The lowest BCUT2D eigenvalue weighted by Crippen LogP contribution is -2.56. The van der Waals surface area contributed by atoms with Crippen molar-refractivity contribution in [2.45, 2.75) is 32.2 Å². The summed E-state index contributed by atoms with van der Waals surface area (Å²) in [6.45, 7) is 9.89. The number of aliphatic imine (C=N–C) groups is 1. The number of aryl methyl sites for hydroxylation is 1. The van der Waals surface area contributed by atoms with E-state index in [-0.39, 0.29) is 29.5 Å². The third-order valence-corrected chi connectivity index (χ3v) is 6.07. The zero-order valence-corrected chi connectivity index (χ0v) is 20.2. The molecule has 0 saturated carbocycles. The Hall–Kier alpha value is -0.970. The van der Waals surface area contributed by atoms with Gasteiger partial charge in [0, 0.05) is 45.2 Å². The Morgan fingerprint density at radius 3 is 2.71 bits per heavy atom. The van der Waals surface area contributed by atoms with Crippen LogP contribution in [0, 0.1) is 0 Å². The summed E-state index contributed by atoms with van der Waals surface area (Å²) in [6, 6.07) is 8.33. The van der Waals surface area contributed by atoms with E-state index in [4.69, 9.17) is 9.72 Å². The van der Waals surface area contributed by atoms with Gasteiger partial charge >= 0.3 is 0 Å². The minimum atomic E-state index is 0. The third kappa shape index (κ3) is 6.53.